The van der Waals surface area contributed by atoms with E-state index in [4.69, 9.17) is 8.83 Å². The van der Waals surface area contributed by atoms with Gasteiger partial charge in [-0.25, -0.2) is 9.59 Å². The first-order chi connectivity index (χ1) is 13.1. The maximum Gasteiger partial charge on any atom is 0.332 e. The van der Waals surface area contributed by atoms with Crippen molar-refractivity contribution in [3.8, 4) is 0 Å². The van der Waals surface area contributed by atoms with Crippen LogP contribution in [0.4, 0.5) is 0 Å². The second kappa shape index (κ2) is 8.05. The number of carboxylic acid groups (broad SMARTS) is 2. The van der Waals surface area contributed by atoms with Crippen LogP contribution in [0.15, 0.2) is 87.1 Å². The molecule has 0 amide bonds. The molecular formula is C21H16O6. The molecule has 6 heteroatoms. The van der Waals surface area contributed by atoms with E-state index in [1.807, 2.05) is 0 Å². The van der Waals surface area contributed by atoms with Crippen LogP contribution in [0.1, 0.15) is 23.0 Å². The molecule has 0 bridgehead atoms. The highest BCUT2D eigenvalue weighted by atomic mass is 16.4. The summed E-state index contributed by atoms with van der Waals surface area (Å²) in [5, 5.41) is 19.6. The Morgan fingerprint density at radius 2 is 1.22 bits per heavy atom. The van der Waals surface area contributed by atoms with Crippen molar-refractivity contribution in [2.24, 2.45) is 0 Å². The average molecular weight is 364 g/mol. The Bertz CT molecular complexity index is 901. The molecule has 136 valence electrons. The van der Waals surface area contributed by atoms with E-state index >= 15 is 0 Å². The monoisotopic (exact) mass is 364 g/mol. The van der Waals surface area contributed by atoms with Gasteiger partial charge in [0.1, 0.15) is 11.5 Å². The van der Waals surface area contributed by atoms with Gasteiger partial charge < -0.3 is 19.0 Å². The van der Waals surface area contributed by atoms with Crippen molar-refractivity contribution in [1.82, 2.24) is 0 Å². The Balaban J connectivity index is 2.21. The minimum absolute atomic E-state index is 0.128. The van der Waals surface area contributed by atoms with Gasteiger partial charge in [-0.3, -0.25) is 0 Å². The Labute approximate surface area is 154 Å². The summed E-state index contributed by atoms with van der Waals surface area (Å²) < 4.78 is 10.4. The SMILES string of the molecule is O=C(O)C(=Cc1ccco1)C(C(=Cc1ccco1)C(=O)O)c1ccccc1. The summed E-state index contributed by atoms with van der Waals surface area (Å²) in [5.74, 6) is -2.89. The number of rotatable bonds is 7. The lowest BCUT2D eigenvalue weighted by Crippen LogP contribution is -2.18. The van der Waals surface area contributed by atoms with Crippen molar-refractivity contribution in [3.05, 3.63) is 95.4 Å². The second-order valence-electron chi connectivity index (χ2n) is 5.68. The van der Waals surface area contributed by atoms with Crippen LogP contribution in [0, 0.1) is 0 Å². The van der Waals surface area contributed by atoms with Crippen LogP contribution in [-0.4, -0.2) is 22.2 Å². The lowest BCUT2D eigenvalue weighted by molar-refractivity contribution is -0.133. The van der Waals surface area contributed by atoms with E-state index < -0.39 is 17.9 Å². The molecule has 0 spiro atoms. The number of aliphatic carboxylic acids is 2. The standard InChI is InChI=1S/C21H16O6/c22-20(23)17(12-15-8-4-10-26-15)19(14-6-2-1-3-7-14)18(21(24)25)13-16-9-5-11-27-16/h1-13,19H,(H,22,23)(H,24,25). The van der Waals surface area contributed by atoms with E-state index in [0.29, 0.717) is 17.1 Å². The predicted molar refractivity (Wildman–Crippen MR) is 97.8 cm³/mol. The third kappa shape index (κ3) is 4.24. The number of hydrogen-bond donors (Lipinski definition) is 2. The Hall–Kier alpha value is -3.80. The van der Waals surface area contributed by atoms with E-state index in [1.54, 1.807) is 54.6 Å². The number of furan rings is 2. The minimum Gasteiger partial charge on any atom is -0.478 e. The van der Waals surface area contributed by atoms with Crippen LogP contribution in [0.3, 0.4) is 0 Å². The summed E-state index contributed by atoms with van der Waals surface area (Å²) in [5.41, 5.74) is 0.269. The normalized spacial score (nSPS) is 13.3. The van der Waals surface area contributed by atoms with Gasteiger partial charge in [-0.05, 0) is 42.0 Å². The molecule has 0 saturated heterocycles. The van der Waals surface area contributed by atoms with E-state index in [2.05, 4.69) is 0 Å². The molecule has 0 aliphatic heterocycles. The number of hydrogen-bond acceptors (Lipinski definition) is 4. The summed E-state index contributed by atoms with van der Waals surface area (Å²) in [7, 11) is 0. The van der Waals surface area contributed by atoms with Crippen molar-refractivity contribution in [2.45, 2.75) is 5.92 Å². The van der Waals surface area contributed by atoms with Crippen LogP contribution in [-0.2, 0) is 9.59 Å². The fourth-order valence-corrected chi connectivity index (χ4v) is 2.76. The van der Waals surface area contributed by atoms with Gasteiger partial charge in [-0.1, -0.05) is 30.3 Å². The smallest absolute Gasteiger partial charge is 0.332 e. The molecule has 0 unspecified atom stereocenters. The first-order valence-electron chi connectivity index (χ1n) is 8.08. The van der Waals surface area contributed by atoms with Crippen molar-refractivity contribution in [3.63, 3.8) is 0 Å². The number of carbonyl (C=O) groups is 2. The highest BCUT2D eigenvalue weighted by molar-refractivity contribution is 6.01. The van der Waals surface area contributed by atoms with Crippen molar-refractivity contribution in [1.29, 1.82) is 0 Å². The van der Waals surface area contributed by atoms with Gasteiger partial charge in [0.2, 0.25) is 0 Å². The Morgan fingerprint density at radius 3 is 1.59 bits per heavy atom. The van der Waals surface area contributed by atoms with Gasteiger partial charge in [-0.2, -0.15) is 0 Å². The molecule has 0 saturated carbocycles. The lowest BCUT2D eigenvalue weighted by Gasteiger charge is -2.19. The average Bonchev–Trinajstić information content (AvgIpc) is 3.34. The quantitative estimate of drug-likeness (QED) is 0.607. The fraction of sp³-hybridized carbons (Fsp3) is 0.0476. The summed E-state index contributed by atoms with van der Waals surface area (Å²) in [4.78, 5) is 24.0. The molecule has 2 N–H and O–H groups in total. The second-order valence-corrected chi connectivity index (χ2v) is 5.68. The predicted octanol–water partition coefficient (Wildman–Crippen LogP) is 4.29. The minimum atomic E-state index is -1.24. The molecule has 0 aliphatic carbocycles. The topological polar surface area (TPSA) is 101 Å². The molecule has 3 rings (SSSR count). The Kier molecular flexibility index (Phi) is 5.37. The van der Waals surface area contributed by atoms with Crippen LogP contribution in [0.2, 0.25) is 0 Å². The maximum absolute atomic E-state index is 12.0. The molecule has 0 fully saturated rings. The zero-order valence-electron chi connectivity index (χ0n) is 14.1. The van der Waals surface area contributed by atoms with Crippen molar-refractivity contribution < 1.29 is 28.6 Å². The first-order valence-corrected chi connectivity index (χ1v) is 8.08. The zero-order chi connectivity index (χ0) is 19.2. The molecule has 6 nitrogen and oxygen atoms in total. The third-order valence-electron chi connectivity index (χ3n) is 3.93. The van der Waals surface area contributed by atoms with Crippen LogP contribution in [0.5, 0.6) is 0 Å². The molecule has 2 heterocycles. The number of carboxylic acids is 2. The summed E-state index contributed by atoms with van der Waals surface area (Å²) >= 11 is 0. The molecule has 0 atom stereocenters. The summed E-state index contributed by atoms with van der Waals surface area (Å²) in [6.07, 6.45) is 5.50. The van der Waals surface area contributed by atoms with Crippen molar-refractivity contribution >= 4 is 24.1 Å². The van der Waals surface area contributed by atoms with E-state index in [0.717, 1.165) is 0 Å². The van der Waals surface area contributed by atoms with Gasteiger partial charge >= 0.3 is 11.9 Å². The highest BCUT2D eigenvalue weighted by Gasteiger charge is 2.30. The summed E-state index contributed by atoms with van der Waals surface area (Å²) in [6, 6.07) is 15.0. The van der Waals surface area contributed by atoms with Gasteiger partial charge in [-0.15, -0.1) is 0 Å². The molecule has 0 radical (unpaired) electrons. The fourth-order valence-electron chi connectivity index (χ4n) is 2.76. The zero-order valence-corrected chi connectivity index (χ0v) is 14.1. The first kappa shape index (κ1) is 18.0. The molecule has 2 aromatic heterocycles. The molecular weight excluding hydrogens is 348 g/mol. The molecule has 3 aromatic rings. The Morgan fingerprint density at radius 1 is 0.741 bits per heavy atom. The van der Waals surface area contributed by atoms with Crippen LogP contribution < -0.4 is 0 Å². The van der Waals surface area contributed by atoms with Gasteiger partial charge in [0.25, 0.3) is 0 Å². The molecule has 1 aromatic carbocycles. The van der Waals surface area contributed by atoms with Gasteiger partial charge in [0.15, 0.2) is 0 Å². The van der Waals surface area contributed by atoms with Crippen molar-refractivity contribution in [2.75, 3.05) is 0 Å². The lowest BCUT2D eigenvalue weighted by atomic mass is 9.83. The van der Waals surface area contributed by atoms with Crippen LogP contribution >= 0.6 is 0 Å². The number of benzene rings is 1. The molecule has 0 aliphatic rings. The van der Waals surface area contributed by atoms with E-state index in [1.165, 1.54) is 24.7 Å². The molecule has 27 heavy (non-hydrogen) atoms. The van der Waals surface area contributed by atoms with E-state index in [-0.39, 0.29) is 11.1 Å². The summed E-state index contributed by atoms with van der Waals surface area (Å²) in [6.45, 7) is 0. The van der Waals surface area contributed by atoms with Gasteiger partial charge in [0, 0.05) is 5.92 Å². The maximum atomic E-state index is 12.0. The third-order valence-corrected chi connectivity index (χ3v) is 3.93. The van der Waals surface area contributed by atoms with Crippen LogP contribution in [0.25, 0.3) is 12.2 Å². The van der Waals surface area contributed by atoms with Gasteiger partial charge in [0.05, 0.1) is 23.7 Å². The largest absolute Gasteiger partial charge is 0.478 e. The highest BCUT2D eigenvalue weighted by Crippen LogP contribution is 2.35. The van der Waals surface area contributed by atoms with E-state index in [9.17, 15) is 19.8 Å².